The van der Waals surface area contributed by atoms with E-state index in [1.54, 1.807) is 0 Å². The maximum Gasteiger partial charge on any atom is 0.707 e. The molecule has 1 rings (SSSR count). The fourth-order valence-corrected chi connectivity index (χ4v) is 1.66. The molecule has 0 heterocycles. The van der Waals surface area contributed by atoms with Crippen LogP contribution in [0.3, 0.4) is 0 Å². The Balaban J connectivity index is 3.31. The Kier molecular flexibility index (Phi) is 4.55. The predicted molar refractivity (Wildman–Crippen MR) is 60.4 cm³/mol. The first-order chi connectivity index (χ1) is 7.51. The molecule has 0 aliphatic rings. The van der Waals surface area contributed by atoms with Gasteiger partial charge in [0.05, 0.1) is 14.2 Å². The molecule has 1 aromatic carbocycles. The van der Waals surface area contributed by atoms with Crippen molar-refractivity contribution in [2.75, 3.05) is 14.2 Å². The molecule has 1 aromatic rings. The fraction of sp³-hybridized carbons (Fsp3) is 0.250. The molecule has 0 radical (unpaired) electrons. The highest BCUT2D eigenvalue weighted by Crippen LogP contribution is 2.45. The molecular formula is C8H9BCl2O5. The van der Waals surface area contributed by atoms with Gasteiger partial charge in [-0.15, -0.1) is 0 Å². The summed E-state index contributed by atoms with van der Waals surface area (Å²) in [4.78, 5) is 0. The van der Waals surface area contributed by atoms with Gasteiger partial charge < -0.3 is 24.2 Å². The third-order valence-corrected chi connectivity index (χ3v) is 2.47. The lowest BCUT2D eigenvalue weighted by Gasteiger charge is -2.14. The lowest BCUT2D eigenvalue weighted by atomic mass is 10.2. The van der Waals surface area contributed by atoms with Gasteiger partial charge in [-0.3, -0.25) is 0 Å². The molecule has 0 aliphatic carbocycles. The summed E-state index contributed by atoms with van der Waals surface area (Å²) in [5.41, 5.74) is 0. The van der Waals surface area contributed by atoms with Gasteiger partial charge in [0.25, 0.3) is 0 Å². The number of methoxy groups -OCH3 is 2. The largest absolute Gasteiger partial charge is 0.707 e. The minimum atomic E-state index is -2.04. The van der Waals surface area contributed by atoms with Gasteiger partial charge in [-0.2, -0.15) is 0 Å². The molecule has 0 saturated heterocycles. The van der Waals surface area contributed by atoms with E-state index < -0.39 is 7.32 Å². The normalized spacial score (nSPS) is 9.88. The van der Waals surface area contributed by atoms with Gasteiger partial charge in [0.2, 0.25) is 0 Å². The SMILES string of the molecule is COc1cc(OC)c(Cl)c(OB(O)O)c1Cl. The zero-order valence-corrected chi connectivity index (χ0v) is 10.0. The standard InChI is InChI=1S/C8H9BCl2O5/c1-14-4-3-5(15-2)7(11)8(6(4)10)16-9(12)13/h3,12-13H,1-2H3. The monoisotopic (exact) mass is 266 g/mol. The zero-order valence-electron chi connectivity index (χ0n) is 8.53. The summed E-state index contributed by atoms with van der Waals surface area (Å²) in [6, 6.07) is 1.46. The summed E-state index contributed by atoms with van der Waals surface area (Å²) in [5, 5.41) is 17.5. The minimum Gasteiger partial charge on any atom is -0.509 e. The summed E-state index contributed by atoms with van der Waals surface area (Å²) in [6.45, 7) is 0. The first-order valence-corrected chi connectivity index (χ1v) is 4.89. The number of benzene rings is 1. The Hall–Kier alpha value is -0.815. The van der Waals surface area contributed by atoms with Crippen LogP contribution in [-0.2, 0) is 0 Å². The van der Waals surface area contributed by atoms with Crippen LogP contribution in [0.15, 0.2) is 6.07 Å². The number of hydrogen-bond donors (Lipinski definition) is 2. The van der Waals surface area contributed by atoms with E-state index in [1.807, 2.05) is 0 Å². The van der Waals surface area contributed by atoms with Crippen LogP contribution in [0.2, 0.25) is 10.0 Å². The highest BCUT2D eigenvalue weighted by molar-refractivity contribution is 6.41. The van der Waals surface area contributed by atoms with Crippen molar-refractivity contribution in [2.24, 2.45) is 0 Å². The van der Waals surface area contributed by atoms with Crippen LogP contribution in [0.25, 0.3) is 0 Å². The minimum absolute atomic E-state index is 0.0291. The van der Waals surface area contributed by atoms with E-state index in [1.165, 1.54) is 20.3 Å². The van der Waals surface area contributed by atoms with E-state index in [0.29, 0.717) is 0 Å². The van der Waals surface area contributed by atoms with Crippen LogP contribution in [0.4, 0.5) is 0 Å². The van der Waals surface area contributed by atoms with E-state index in [0.717, 1.165) is 0 Å². The Morgan fingerprint density at radius 2 is 1.50 bits per heavy atom. The third kappa shape index (κ3) is 2.65. The van der Waals surface area contributed by atoms with Gasteiger partial charge >= 0.3 is 7.32 Å². The maximum atomic E-state index is 8.72. The van der Waals surface area contributed by atoms with Crippen LogP contribution in [0, 0.1) is 0 Å². The van der Waals surface area contributed by atoms with Crippen molar-refractivity contribution in [3.8, 4) is 17.2 Å². The Bertz CT molecular complexity index is 357. The van der Waals surface area contributed by atoms with Gasteiger partial charge in [0.1, 0.15) is 27.3 Å². The third-order valence-electron chi connectivity index (χ3n) is 1.76. The van der Waals surface area contributed by atoms with Crippen LogP contribution < -0.4 is 14.1 Å². The van der Waals surface area contributed by atoms with Gasteiger partial charge in [-0.25, -0.2) is 0 Å². The Morgan fingerprint density at radius 1 is 1.06 bits per heavy atom. The summed E-state index contributed by atoms with van der Waals surface area (Å²) >= 11 is 11.7. The summed E-state index contributed by atoms with van der Waals surface area (Å²) in [5.74, 6) is 0.381. The van der Waals surface area contributed by atoms with Gasteiger partial charge in [-0.1, -0.05) is 23.2 Å². The lowest BCUT2D eigenvalue weighted by molar-refractivity contribution is 0.286. The molecule has 88 valence electrons. The van der Waals surface area contributed by atoms with E-state index in [9.17, 15) is 0 Å². The maximum absolute atomic E-state index is 8.72. The lowest BCUT2D eigenvalue weighted by Crippen LogP contribution is -2.21. The number of hydrogen-bond acceptors (Lipinski definition) is 5. The van der Waals surface area contributed by atoms with E-state index in [-0.39, 0.29) is 27.3 Å². The van der Waals surface area contributed by atoms with Crippen LogP contribution in [0.5, 0.6) is 17.2 Å². The summed E-state index contributed by atoms with van der Waals surface area (Å²) in [6.07, 6.45) is 0. The van der Waals surface area contributed by atoms with Crippen molar-refractivity contribution in [3.63, 3.8) is 0 Å². The first kappa shape index (κ1) is 13.3. The van der Waals surface area contributed by atoms with E-state index in [4.69, 9.17) is 42.7 Å². The highest BCUT2D eigenvalue weighted by Gasteiger charge is 2.22. The number of ether oxygens (including phenoxy) is 2. The average molecular weight is 267 g/mol. The molecule has 0 atom stereocenters. The second-order valence-corrected chi connectivity index (χ2v) is 3.44. The number of rotatable bonds is 4. The Labute approximate surface area is 103 Å². The van der Waals surface area contributed by atoms with Crippen molar-refractivity contribution in [1.82, 2.24) is 0 Å². The molecule has 5 nitrogen and oxygen atoms in total. The van der Waals surface area contributed by atoms with Gasteiger partial charge in [0, 0.05) is 6.07 Å². The molecule has 0 aliphatic heterocycles. The zero-order chi connectivity index (χ0) is 12.3. The van der Waals surface area contributed by atoms with Crippen molar-refractivity contribution in [3.05, 3.63) is 16.1 Å². The van der Waals surface area contributed by atoms with Crippen molar-refractivity contribution in [2.45, 2.75) is 0 Å². The molecule has 0 aromatic heterocycles. The predicted octanol–water partition coefficient (Wildman–Crippen LogP) is 1.36. The summed E-state index contributed by atoms with van der Waals surface area (Å²) < 4.78 is 14.5. The second-order valence-electron chi connectivity index (χ2n) is 2.68. The van der Waals surface area contributed by atoms with Crippen LogP contribution >= 0.6 is 23.2 Å². The average Bonchev–Trinajstić information content (AvgIpc) is 2.24. The van der Waals surface area contributed by atoms with Gasteiger partial charge in [-0.05, 0) is 0 Å². The van der Waals surface area contributed by atoms with E-state index in [2.05, 4.69) is 4.65 Å². The van der Waals surface area contributed by atoms with Crippen LogP contribution in [0.1, 0.15) is 0 Å². The quantitative estimate of drug-likeness (QED) is 0.806. The molecule has 0 unspecified atom stereocenters. The molecule has 2 N–H and O–H groups in total. The van der Waals surface area contributed by atoms with Crippen molar-refractivity contribution in [1.29, 1.82) is 0 Å². The molecule has 0 amide bonds. The molecule has 0 fully saturated rings. The topological polar surface area (TPSA) is 68.2 Å². The molecular weight excluding hydrogens is 258 g/mol. The van der Waals surface area contributed by atoms with E-state index >= 15 is 0 Å². The summed E-state index contributed by atoms with van der Waals surface area (Å²) in [7, 11) is 0.758. The number of halogens is 2. The molecule has 8 heteroatoms. The first-order valence-electron chi connectivity index (χ1n) is 4.14. The van der Waals surface area contributed by atoms with Crippen molar-refractivity contribution >= 4 is 30.5 Å². The smallest absolute Gasteiger partial charge is 0.509 e. The molecule has 0 bridgehead atoms. The highest BCUT2D eigenvalue weighted by atomic mass is 35.5. The van der Waals surface area contributed by atoms with Gasteiger partial charge in [0.15, 0.2) is 0 Å². The molecule has 16 heavy (non-hydrogen) atoms. The molecule has 0 saturated carbocycles. The van der Waals surface area contributed by atoms with Crippen LogP contribution in [-0.4, -0.2) is 31.6 Å². The second kappa shape index (κ2) is 5.49. The Morgan fingerprint density at radius 3 is 1.81 bits per heavy atom. The van der Waals surface area contributed by atoms with Crippen molar-refractivity contribution < 1.29 is 24.2 Å². The molecule has 0 spiro atoms. The fourth-order valence-electron chi connectivity index (χ4n) is 1.07.